The van der Waals surface area contributed by atoms with Crippen LogP contribution in [0, 0.1) is 0 Å². The van der Waals surface area contributed by atoms with E-state index in [1.807, 2.05) is 36.4 Å². The van der Waals surface area contributed by atoms with Crippen LogP contribution in [-0.2, 0) is 12.3 Å². The first-order valence-corrected chi connectivity index (χ1v) is 6.48. The highest BCUT2D eigenvalue weighted by Gasteiger charge is 2.03. The van der Waals surface area contributed by atoms with Crippen LogP contribution in [0.1, 0.15) is 16.7 Å². The zero-order valence-corrected chi connectivity index (χ0v) is 11.3. The largest absolute Gasteiger partial charge is 0.398 e. The fourth-order valence-electron chi connectivity index (χ4n) is 1.80. The third-order valence-corrected chi connectivity index (χ3v) is 3.44. The van der Waals surface area contributed by atoms with Gasteiger partial charge in [0, 0.05) is 11.6 Å². The Labute approximate surface area is 117 Å². The van der Waals surface area contributed by atoms with Gasteiger partial charge in [-0.3, -0.25) is 0 Å². The van der Waals surface area contributed by atoms with Crippen LogP contribution in [0.3, 0.4) is 0 Å². The van der Waals surface area contributed by atoms with E-state index in [4.69, 9.17) is 34.7 Å². The molecule has 4 heteroatoms. The minimum Gasteiger partial charge on any atom is -0.398 e. The molecule has 0 aliphatic rings. The van der Waals surface area contributed by atoms with Gasteiger partial charge < -0.3 is 11.5 Å². The summed E-state index contributed by atoms with van der Waals surface area (Å²) in [6.45, 7) is 0. The summed E-state index contributed by atoms with van der Waals surface area (Å²) in [6.07, 6.45) is 0.782. The fraction of sp³-hybridized carbons (Fsp3) is 0.143. The lowest BCUT2D eigenvalue weighted by Gasteiger charge is -2.07. The fourth-order valence-corrected chi connectivity index (χ4v) is 2.24. The summed E-state index contributed by atoms with van der Waals surface area (Å²) in [5.41, 5.74) is 16.0. The van der Waals surface area contributed by atoms with Gasteiger partial charge in [0.15, 0.2) is 0 Å². The summed E-state index contributed by atoms with van der Waals surface area (Å²) in [6, 6.07) is 11.6. The average molecular weight is 281 g/mol. The van der Waals surface area contributed by atoms with Gasteiger partial charge in [-0.1, -0.05) is 29.8 Å². The molecule has 0 spiro atoms. The SMILES string of the molecule is Nc1ccc(Cc2ccc(N)c(CCl)c2)cc1Cl. The van der Waals surface area contributed by atoms with Crippen LogP contribution in [0.2, 0.25) is 5.02 Å². The molecule has 0 bridgehead atoms. The molecule has 2 aromatic rings. The normalized spacial score (nSPS) is 10.6. The molecule has 2 nitrogen and oxygen atoms in total. The Morgan fingerprint density at radius 1 is 0.889 bits per heavy atom. The molecule has 0 atom stereocenters. The summed E-state index contributed by atoms with van der Waals surface area (Å²) in [5, 5.41) is 0.584. The van der Waals surface area contributed by atoms with Gasteiger partial charge in [0.1, 0.15) is 0 Å². The number of nitrogen functional groups attached to an aromatic ring is 2. The molecule has 0 heterocycles. The maximum absolute atomic E-state index is 6.00. The molecule has 0 aliphatic carbocycles. The van der Waals surface area contributed by atoms with Crippen molar-refractivity contribution in [2.24, 2.45) is 0 Å². The second-order valence-electron chi connectivity index (χ2n) is 4.20. The second kappa shape index (κ2) is 5.51. The Morgan fingerprint density at radius 2 is 1.50 bits per heavy atom. The number of rotatable bonds is 3. The molecule has 94 valence electrons. The monoisotopic (exact) mass is 280 g/mol. The smallest absolute Gasteiger partial charge is 0.0638 e. The van der Waals surface area contributed by atoms with Crippen LogP contribution < -0.4 is 11.5 Å². The number of hydrogen-bond donors (Lipinski definition) is 2. The highest BCUT2D eigenvalue weighted by atomic mass is 35.5. The number of halogens is 2. The van der Waals surface area contributed by atoms with E-state index in [2.05, 4.69) is 0 Å². The Balaban J connectivity index is 2.25. The maximum Gasteiger partial charge on any atom is 0.0638 e. The van der Waals surface area contributed by atoms with Crippen molar-refractivity contribution in [1.82, 2.24) is 0 Å². The minimum absolute atomic E-state index is 0.419. The van der Waals surface area contributed by atoms with Gasteiger partial charge in [0.2, 0.25) is 0 Å². The zero-order chi connectivity index (χ0) is 13.1. The maximum atomic E-state index is 6.00. The molecule has 0 amide bonds. The number of nitrogens with two attached hydrogens (primary N) is 2. The Hall–Kier alpha value is -1.38. The van der Waals surface area contributed by atoms with Crippen molar-refractivity contribution in [3.8, 4) is 0 Å². The summed E-state index contributed by atoms with van der Waals surface area (Å²) in [4.78, 5) is 0. The van der Waals surface area contributed by atoms with Gasteiger partial charge in [-0.25, -0.2) is 0 Å². The van der Waals surface area contributed by atoms with Gasteiger partial charge in [0.25, 0.3) is 0 Å². The molecule has 2 rings (SSSR count). The number of alkyl halides is 1. The molecule has 4 N–H and O–H groups in total. The molecule has 0 fully saturated rings. The van der Waals surface area contributed by atoms with Crippen molar-refractivity contribution in [2.45, 2.75) is 12.3 Å². The first-order chi connectivity index (χ1) is 8.60. The van der Waals surface area contributed by atoms with Gasteiger partial charge in [0.05, 0.1) is 10.7 Å². The van der Waals surface area contributed by atoms with Crippen molar-refractivity contribution in [2.75, 3.05) is 11.5 Å². The lowest BCUT2D eigenvalue weighted by molar-refractivity contribution is 1.18. The lowest BCUT2D eigenvalue weighted by Crippen LogP contribution is -1.96. The van der Waals surface area contributed by atoms with E-state index < -0.39 is 0 Å². The van der Waals surface area contributed by atoms with Crippen molar-refractivity contribution >= 4 is 34.6 Å². The van der Waals surface area contributed by atoms with Crippen LogP contribution in [0.4, 0.5) is 11.4 Å². The number of anilines is 2. The predicted molar refractivity (Wildman–Crippen MR) is 79.1 cm³/mol. The highest BCUT2D eigenvalue weighted by molar-refractivity contribution is 6.33. The molecule has 0 unspecified atom stereocenters. The van der Waals surface area contributed by atoms with Crippen LogP contribution in [-0.4, -0.2) is 0 Å². The van der Waals surface area contributed by atoms with Crippen LogP contribution >= 0.6 is 23.2 Å². The van der Waals surface area contributed by atoms with Gasteiger partial charge in [-0.15, -0.1) is 11.6 Å². The molecule has 2 aromatic carbocycles. The quantitative estimate of drug-likeness (QED) is 0.663. The first-order valence-electron chi connectivity index (χ1n) is 5.57. The Kier molecular flexibility index (Phi) is 4.00. The number of benzene rings is 2. The predicted octanol–water partition coefficient (Wildman–Crippen LogP) is 3.83. The van der Waals surface area contributed by atoms with E-state index in [1.165, 1.54) is 0 Å². The molecular weight excluding hydrogens is 267 g/mol. The zero-order valence-electron chi connectivity index (χ0n) is 9.79. The van der Waals surface area contributed by atoms with Crippen LogP contribution in [0.25, 0.3) is 0 Å². The average Bonchev–Trinajstić information content (AvgIpc) is 2.36. The molecule has 18 heavy (non-hydrogen) atoms. The second-order valence-corrected chi connectivity index (χ2v) is 4.87. The third-order valence-electron chi connectivity index (χ3n) is 2.82. The van der Waals surface area contributed by atoms with Gasteiger partial charge in [-0.2, -0.15) is 0 Å². The standard InChI is InChI=1S/C14H14Cl2N2/c15-8-11-6-9(1-3-13(11)17)5-10-2-4-14(18)12(16)7-10/h1-4,6-7H,5,8,17-18H2. The summed E-state index contributed by atoms with van der Waals surface area (Å²) >= 11 is 11.8. The Bertz CT molecular complexity index is 568. The molecular formula is C14H14Cl2N2. The first kappa shape index (κ1) is 13.1. The van der Waals surface area contributed by atoms with Crippen molar-refractivity contribution in [1.29, 1.82) is 0 Å². The molecule has 0 aromatic heterocycles. The summed E-state index contributed by atoms with van der Waals surface area (Å²) in [5.74, 6) is 0.419. The van der Waals surface area contributed by atoms with E-state index in [0.717, 1.165) is 28.8 Å². The highest BCUT2D eigenvalue weighted by Crippen LogP contribution is 2.23. The van der Waals surface area contributed by atoms with E-state index in [-0.39, 0.29) is 0 Å². The number of hydrogen-bond acceptors (Lipinski definition) is 2. The van der Waals surface area contributed by atoms with E-state index >= 15 is 0 Å². The van der Waals surface area contributed by atoms with E-state index in [1.54, 1.807) is 0 Å². The topological polar surface area (TPSA) is 52.0 Å². The van der Waals surface area contributed by atoms with Crippen LogP contribution in [0.5, 0.6) is 0 Å². The van der Waals surface area contributed by atoms with E-state index in [9.17, 15) is 0 Å². The molecule has 0 aliphatic heterocycles. The Morgan fingerprint density at radius 3 is 2.11 bits per heavy atom. The van der Waals surface area contributed by atoms with Gasteiger partial charge >= 0.3 is 0 Å². The molecule has 0 saturated heterocycles. The molecule has 0 radical (unpaired) electrons. The van der Waals surface area contributed by atoms with Crippen molar-refractivity contribution in [3.63, 3.8) is 0 Å². The minimum atomic E-state index is 0.419. The van der Waals surface area contributed by atoms with Crippen LogP contribution in [0.15, 0.2) is 36.4 Å². The van der Waals surface area contributed by atoms with Gasteiger partial charge in [-0.05, 0) is 41.3 Å². The molecule has 0 saturated carbocycles. The van der Waals surface area contributed by atoms with Crippen molar-refractivity contribution in [3.05, 3.63) is 58.1 Å². The van der Waals surface area contributed by atoms with E-state index in [0.29, 0.717) is 16.6 Å². The summed E-state index contributed by atoms with van der Waals surface area (Å²) < 4.78 is 0. The summed E-state index contributed by atoms with van der Waals surface area (Å²) in [7, 11) is 0. The lowest BCUT2D eigenvalue weighted by atomic mass is 10.0. The third kappa shape index (κ3) is 2.89. The van der Waals surface area contributed by atoms with Crippen molar-refractivity contribution < 1.29 is 0 Å².